The fourth-order valence-electron chi connectivity index (χ4n) is 2.46. The highest BCUT2D eigenvalue weighted by Gasteiger charge is 2.23. The molecular weight excluding hydrogens is 249 g/mol. The van der Waals surface area contributed by atoms with E-state index in [4.69, 9.17) is 0 Å². The summed E-state index contributed by atoms with van der Waals surface area (Å²) in [6, 6.07) is 4.17. The molecule has 5 nitrogen and oxygen atoms in total. The van der Waals surface area contributed by atoms with Crippen molar-refractivity contribution in [2.24, 2.45) is 0 Å². The second-order valence-electron chi connectivity index (χ2n) is 5.13. The Hall–Kier alpha value is -1.69. The number of benzene rings is 1. The van der Waals surface area contributed by atoms with Crippen molar-refractivity contribution < 1.29 is 9.31 Å². The number of nitro benzene ring substituents is 1. The molecule has 0 amide bonds. The van der Waals surface area contributed by atoms with Crippen molar-refractivity contribution in [3.8, 4) is 0 Å². The number of anilines is 1. The van der Waals surface area contributed by atoms with Crippen LogP contribution in [-0.4, -0.2) is 43.0 Å². The van der Waals surface area contributed by atoms with Gasteiger partial charge >= 0.3 is 0 Å². The fourth-order valence-corrected chi connectivity index (χ4v) is 2.46. The average Bonchev–Trinajstić information content (AvgIpc) is 2.38. The lowest BCUT2D eigenvalue weighted by atomic mass is 10.0. The summed E-state index contributed by atoms with van der Waals surface area (Å²) in [5.41, 5.74) is 0.403. The van der Waals surface area contributed by atoms with Gasteiger partial charge in [-0.2, -0.15) is 0 Å². The van der Waals surface area contributed by atoms with Crippen molar-refractivity contribution in [3.05, 3.63) is 34.1 Å². The second-order valence-corrected chi connectivity index (χ2v) is 5.13. The smallest absolute Gasteiger partial charge is 0.274 e. The van der Waals surface area contributed by atoms with Gasteiger partial charge in [-0.1, -0.05) is 0 Å². The zero-order valence-electron chi connectivity index (χ0n) is 11.2. The van der Waals surface area contributed by atoms with Crippen LogP contribution in [0, 0.1) is 15.9 Å². The minimum Gasteiger partial charge on any atom is -0.370 e. The van der Waals surface area contributed by atoms with Crippen molar-refractivity contribution in [2.75, 3.05) is 32.1 Å². The van der Waals surface area contributed by atoms with Gasteiger partial charge in [0.1, 0.15) is 5.82 Å². The number of nitro groups is 1. The standard InChI is InChI=1S/C13H18FN3O2/c1-15(2)11-4-3-5-16(9-11)12-6-10(14)7-13(8-12)17(18)19/h6-8,11H,3-5,9H2,1-2H3. The molecule has 1 atom stereocenters. The number of hydrogen-bond acceptors (Lipinski definition) is 4. The van der Waals surface area contributed by atoms with E-state index in [2.05, 4.69) is 4.90 Å². The Morgan fingerprint density at radius 2 is 2.16 bits per heavy atom. The highest BCUT2D eigenvalue weighted by molar-refractivity contribution is 5.54. The molecule has 1 unspecified atom stereocenters. The Balaban J connectivity index is 2.23. The molecule has 1 aromatic rings. The van der Waals surface area contributed by atoms with Gasteiger partial charge in [-0.25, -0.2) is 4.39 Å². The van der Waals surface area contributed by atoms with Gasteiger partial charge in [0.05, 0.1) is 11.0 Å². The van der Waals surface area contributed by atoms with Gasteiger partial charge in [-0.05, 0) is 33.0 Å². The van der Waals surface area contributed by atoms with Crippen LogP contribution < -0.4 is 4.90 Å². The first kappa shape index (κ1) is 13.7. The van der Waals surface area contributed by atoms with Crippen LogP contribution >= 0.6 is 0 Å². The number of hydrogen-bond donors (Lipinski definition) is 0. The van der Waals surface area contributed by atoms with Crippen molar-refractivity contribution in [2.45, 2.75) is 18.9 Å². The minimum atomic E-state index is -0.559. The first-order valence-electron chi connectivity index (χ1n) is 6.33. The number of halogens is 1. The van der Waals surface area contributed by atoms with Gasteiger partial charge in [0.2, 0.25) is 0 Å². The van der Waals surface area contributed by atoms with Crippen molar-refractivity contribution in [1.82, 2.24) is 4.90 Å². The third-order valence-electron chi connectivity index (χ3n) is 3.57. The SMILES string of the molecule is CN(C)C1CCCN(c2cc(F)cc([N+](=O)[O-])c2)C1. The van der Waals surface area contributed by atoms with E-state index in [0.717, 1.165) is 32.0 Å². The van der Waals surface area contributed by atoms with Crippen LogP contribution in [0.4, 0.5) is 15.8 Å². The topological polar surface area (TPSA) is 49.6 Å². The highest BCUT2D eigenvalue weighted by Crippen LogP contribution is 2.26. The maximum Gasteiger partial charge on any atom is 0.274 e. The Kier molecular flexibility index (Phi) is 3.99. The molecule has 0 bridgehead atoms. The maximum absolute atomic E-state index is 13.5. The van der Waals surface area contributed by atoms with E-state index in [0.29, 0.717) is 11.7 Å². The molecule has 19 heavy (non-hydrogen) atoms. The zero-order chi connectivity index (χ0) is 14.0. The zero-order valence-corrected chi connectivity index (χ0v) is 11.2. The predicted molar refractivity (Wildman–Crippen MR) is 72.0 cm³/mol. The van der Waals surface area contributed by atoms with E-state index in [1.54, 1.807) is 0 Å². The fraction of sp³-hybridized carbons (Fsp3) is 0.538. The minimum absolute atomic E-state index is 0.193. The molecule has 6 heteroatoms. The first-order chi connectivity index (χ1) is 8.97. The molecule has 0 aliphatic carbocycles. The summed E-state index contributed by atoms with van der Waals surface area (Å²) >= 11 is 0. The van der Waals surface area contributed by atoms with Crippen molar-refractivity contribution in [3.63, 3.8) is 0 Å². The molecule has 0 saturated carbocycles. The van der Waals surface area contributed by atoms with E-state index < -0.39 is 10.7 Å². The average molecular weight is 267 g/mol. The van der Waals surface area contributed by atoms with Gasteiger partial charge in [0, 0.05) is 30.9 Å². The summed E-state index contributed by atoms with van der Waals surface area (Å²) in [5, 5.41) is 10.8. The number of non-ortho nitro benzene ring substituents is 1. The van der Waals surface area contributed by atoms with Gasteiger partial charge in [0.15, 0.2) is 0 Å². The lowest BCUT2D eigenvalue weighted by Gasteiger charge is -2.37. The summed E-state index contributed by atoms with van der Waals surface area (Å²) in [6.45, 7) is 1.58. The molecule has 1 aliphatic heterocycles. The van der Waals surface area contributed by atoms with Gasteiger partial charge in [-0.3, -0.25) is 10.1 Å². The van der Waals surface area contributed by atoms with E-state index >= 15 is 0 Å². The van der Waals surface area contributed by atoms with Crippen LogP contribution in [-0.2, 0) is 0 Å². The normalized spacial score (nSPS) is 19.8. The Bertz CT molecular complexity index is 479. The summed E-state index contributed by atoms with van der Waals surface area (Å²) in [7, 11) is 4.03. The third kappa shape index (κ3) is 3.20. The van der Waals surface area contributed by atoms with Crippen LogP contribution in [0.5, 0.6) is 0 Å². The predicted octanol–water partition coefficient (Wildman–Crippen LogP) is 2.26. The molecule has 0 N–H and O–H groups in total. The van der Waals surface area contributed by atoms with Crippen LogP contribution in [0.3, 0.4) is 0 Å². The quantitative estimate of drug-likeness (QED) is 0.622. The van der Waals surface area contributed by atoms with Gasteiger partial charge in [0.25, 0.3) is 5.69 Å². The lowest BCUT2D eigenvalue weighted by molar-refractivity contribution is -0.385. The van der Waals surface area contributed by atoms with E-state index in [1.165, 1.54) is 12.1 Å². The molecule has 1 aromatic carbocycles. The van der Waals surface area contributed by atoms with Gasteiger partial charge < -0.3 is 9.80 Å². The Morgan fingerprint density at radius 1 is 1.42 bits per heavy atom. The summed E-state index contributed by atoms with van der Waals surface area (Å²) in [4.78, 5) is 14.4. The summed E-state index contributed by atoms with van der Waals surface area (Å²) < 4.78 is 13.5. The molecule has 0 spiro atoms. The lowest BCUT2D eigenvalue weighted by Crippen LogP contribution is -2.45. The van der Waals surface area contributed by atoms with Gasteiger partial charge in [-0.15, -0.1) is 0 Å². The molecule has 2 rings (SSSR count). The molecule has 1 aliphatic rings. The summed E-state index contributed by atoms with van der Waals surface area (Å²) in [5.74, 6) is -0.559. The van der Waals surface area contributed by atoms with Crippen LogP contribution in [0.2, 0.25) is 0 Å². The van der Waals surface area contributed by atoms with Crippen LogP contribution in [0.25, 0.3) is 0 Å². The molecular formula is C13H18FN3O2. The van der Waals surface area contributed by atoms with Crippen LogP contribution in [0.1, 0.15) is 12.8 Å². The van der Waals surface area contributed by atoms with Crippen molar-refractivity contribution >= 4 is 11.4 Å². The molecule has 104 valence electrons. The summed E-state index contributed by atoms with van der Waals surface area (Å²) in [6.07, 6.45) is 2.11. The first-order valence-corrected chi connectivity index (χ1v) is 6.33. The molecule has 1 saturated heterocycles. The monoisotopic (exact) mass is 267 g/mol. The Morgan fingerprint density at radius 3 is 2.79 bits per heavy atom. The van der Waals surface area contributed by atoms with E-state index in [1.807, 2.05) is 19.0 Å². The number of nitrogens with zero attached hydrogens (tertiary/aromatic N) is 3. The third-order valence-corrected chi connectivity index (χ3v) is 3.57. The number of rotatable bonds is 3. The highest BCUT2D eigenvalue weighted by atomic mass is 19.1. The largest absolute Gasteiger partial charge is 0.370 e. The van der Waals surface area contributed by atoms with Crippen molar-refractivity contribution in [1.29, 1.82) is 0 Å². The number of likely N-dealkylation sites (N-methyl/N-ethyl adjacent to an activating group) is 1. The maximum atomic E-state index is 13.5. The molecule has 0 aromatic heterocycles. The van der Waals surface area contributed by atoms with Crippen LogP contribution in [0.15, 0.2) is 18.2 Å². The molecule has 0 radical (unpaired) electrons. The molecule has 1 fully saturated rings. The van der Waals surface area contributed by atoms with E-state index in [-0.39, 0.29) is 5.69 Å². The number of piperidine rings is 1. The Labute approximate surface area is 111 Å². The second kappa shape index (κ2) is 5.52. The molecule has 1 heterocycles. The van der Waals surface area contributed by atoms with E-state index in [9.17, 15) is 14.5 Å².